The molecule has 11 heteroatoms. The van der Waals surface area contributed by atoms with E-state index in [0.29, 0.717) is 22.5 Å². The van der Waals surface area contributed by atoms with Crippen molar-refractivity contribution in [2.45, 2.75) is 20.4 Å². The summed E-state index contributed by atoms with van der Waals surface area (Å²) in [6.45, 7) is 3.73. The van der Waals surface area contributed by atoms with Gasteiger partial charge in [0.15, 0.2) is 5.82 Å². The van der Waals surface area contributed by atoms with Crippen molar-refractivity contribution < 1.29 is 14.7 Å². The van der Waals surface area contributed by atoms with Gasteiger partial charge < -0.3 is 15.8 Å². The normalized spacial score (nSPS) is 14.6. The molecule has 154 valence electrons. The Hall–Kier alpha value is -3.66. The number of aromatic nitrogens is 5. The number of nitrogens with one attached hydrogen (secondary N) is 1. The predicted octanol–water partition coefficient (Wildman–Crippen LogP) is 2.18. The highest BCUT2D eigenvalue weighted by Gasteiger charge is 2.37. The molecule has 0 atom stereocenters. The molecule has 1 aliphatic heterocycles. The van der Waals surface area contributed by atoms with E-state index in [0.717, 1.165) is 5.69 Å². The third-order valence-electron chi connectivity index (χ3n) is 5.05. The predicted molar refractivity (Wildman–Crippen MR) is 111 cm³/mol. The van der Waals surface area contributed by atoms with Gasteiger partial charge >= 0.3 is 5.97 Å². The Bertz CT molecular complexity index is 1220. The summed E-state index contributed by atoms with van der Waals surface area (Å²) in [6, 6.07) is 1.87. The number of carbonyl (C=O) groups excluding carboxylic acids is 1. The van der Waals surface area contributed by atoms with Crippen molar-refractivity contribution in [1.82, 2.24) is 24.7 Å². The highest BCUT2D eigenvalue weighted by atomic mass is 35.5. The Labute approximate surface area is 176 Å². The first-order valence-electron chi connectivity index (χ1n) is 8.95. The number of H-pyrrole nitrogens is 1. The van der Waals surface area contributed by atoms with E-state index < -0.39 is 5.97 Å². The summed E-state index contributed by atoms with van der Waals surface area (Å²) in [7, 11) is 1.81. The number of nitrogens with zero attached hydrogens (tertiary/aromatic N) is 5. The molecule has 3 aromatic heterocycles. The van der Waals surface area contributed by atoms with E-state index >= 15 is 0 Å². The fourth-order valence-corrected chi connectivity index (χ4v) is 3.67. The Kier molecular flexibility index (Phi) is 4.58. The second kappa shape index (κ2) is 6.99. The molecule has 1 amide bonds. The zero-order chi connectivity index (χ0) is 21.7. The Morgan fingerprint density at radius 1 is 1.37 bits per heavy atom. The maximum absolute atomic E-state index is 13.3. The summed E-state index contributed by atoms with van der Waals surface area (Å²) < 4.78 is 1.71. The topological polar surface area (TPSA) is 143 Å². The molecule has 0 spiro atoms. The molecule has 10 nitrogen and oxygen atoms in total. The number of rotatable bonds is 4. The smallest absolute Gasteiger partial charge is 0.337 e. The van der Waals surface area contributed by atoms with Crippen LogP contribution >= 0.6 is 11.6 Å². The number of carboxylic acid groups (broad SMARTS) is 1. The van der Waals surface area contributed by atoms with Crippen LogP contribution in [-0.4, -0.2) is 41.7 Å². The first-order valence-corrected chi connectivity index (χ1v) is 9.33. The van der Waals surface area contributed by atoms with Gasteiger partial charge in [-0.3, -0.25) is 14.4 Å². The molecule has 1 aliphatic rings. The van der Waals surface area contributed by atoms with Crippen LogP contribution in [0.15, 0.2) is 12.3 Å². The minimum atomic E-state index is -1.06. The third-order valence-corrected chi connectivity index (χ3v) is 5.32. The average molecular weight is 428 g/mol. The lowest BCUT2D eigenvalue weighted by Crippen LogP contribution is -2.26. The lowest BCUT2D eigenvalue weighted by atomic mass is 10.1. The summed E-state index contributed by atoms with van der Waals surface area (Å²) in [6.07, 6.45) is 2.93. The first kappa shape index (κ1) is 19.6. The van der Waals surface area contributed by atoms with Gasteiger partial charge in [0, 0.05) is 24.6 Å². The number of hydrogen-bond donors (Lipinski definition) is 3. The molecule has 4 rings (SSSR count). The molecular weight excluding hydrogens is 410 g/mol. The van der Waals surface area contributed by atoms with Crippen LogP contribution in [0.25, 0.3) is 11.6 Å². The SMILES string of the molecule is Cc1c(C(=O)O)c[nH]c1C=C1C(=O)N(Cc2cc(C)n(C)n2)c2nc(N)nc(Cl)c21. The third kappa shape index (κ3) is 3.11. The van der Waals surface area contributed by atoms with Gasteiger partial charge in [-0.2, -0.15) is 10.1 Å². The molecule has 0 saturated heterocycles. The molecule has 3 aromatic rings. The number of aryl methyl sites for hydroxylation is 2. The number of aromatic amines is 1. The molecule has 0 aliphatic carbocycles. The van der Waals surface area contributed by atoms with Crippen LogP contribution in [0.3, 0.4) is 0 Å². The molecule has 0 radical (unpaired) electrons. The molecule has 0 saturated carbocycles. The number of carbonyl (C=O) groups is 2. The summed E-state index contributed by atoms with van der Waals surface area (Å²) >= 11 is 6.32. The van der Waals surface area contributed by atoms with Crippen LogP contribution < -0.4 is 10.6 Å². The van der Waals surface area contributed by atoms with E-state index in [2.05, 4.69) is 20.1 Å². The summed E-state index contributed by atoms with van der Waals surface area (Å²) in [5.74, 6) is -1.19. The number of nitrogens with two attached hydrogens (primary N) is 1. The standard InChI is InChI=1S/C19H18ClN7O3/c1-8-4-10(25-26(8)3)7-27-16-14(15(20)23-19(21)24-16)11(17(27)28)5-13-9(2)12(6-22-13)18(29)30/h4-6,22H,7H2,1-3H3,(H,29,30)(H2,21,23,24). The van der Waals surface area contributed by atoms with Gasteiger partial charge in [-0.25, -0.2) is 9.78 Å². The maximum atomic E-state index is 13.3. The number of halogens is 1. The number of hydrogen-bond acceptors (Lipinski definition) is 6. The number of amides is 1. The molecule has 4 N–H and O–H groups in total. The Morgan fingerprint density at radius 3 is 2.70 bits per heavy atom. The summed E-state index contributed by atoms with van der Waals surface area (Å²) in [4.78, 5) is 37.2. The van der Waals surface area contributed by atoms with Gasteiger partial charge in [-0.1, -0.05) is 11.6 Å². The van der Waals surface area contributed by atoms with Crippen LogP contribution in [0, 0.1) is 13.8 Å². The van der Waals surface area contributed by atoms with Gasteiger partial charge in [-0.15, -0.1) is 0 Å². The van der Waals surface area contributed by atoms with E-state index in [-0.39, 0.29) is 40.5 Å². The van der Waals surface area contributed by atoms with Crippen molar-refractivity contribution in [3.8, 4) is 0 Å². The van der Waals surface area contributed by atoms with E-state index in [1.165, 1.54) is 11.1 Å². The maximum Gasteiger partial charge on any atom is 0.337 e. The second-order valence-corrected chi connectivity index (χ2v) is 7.33. The number of nitrogen functional groups attached to an aromatic ring is 1. The zero-order valence-electron chi connectivity index (χ0n) is 16.4. The van der Waals surface area contributed by atoms with Crippen molar-refractivity contribution >= 4 is 46.9 Å². The lowest BCUT2D eigenvalue weighted by Gasteiger charge is -2.14. The minimum absolute atomic E-state index is 0.0412. The molecule has 4 heterocycles. The molecule has 0 unspecified atom stereocenters. The molecule has 30 heavy (non-hydrogen) atoms. The quantitative estimate of drug-likeness (QED) is 0.427. The monoisotopic (exact) mass is 427 g/mol. The fourth-order valence-electron chi connectivity index (χ4n) is 3.40. The Morgan fingerprint density at radius 2 is 2.10 bits per heavy atom. The first-order chi connectivity index (χ1) is 14.2. The van der Waals surface area contributed by atoms with Crippen molar-refractivity contribution in [3.63, 3.8) is 0 Å². The van der Waals surface area contributed by atoms with Gasteiger partial charge in [-0.05, 0) is 31.6 Å². The van der Waals surface area contributed by atoms with Gasteiger partial charge in [0.1, 0.15) is 5.15 Å². The zero-order valence-corrected chi connectivity index (χ0v) is 17.2. The molecule has 0 bridgehead atoms. The lowest BCUT2D eigenvalue weighted by molar-refractivity contribution is -0.113. The van der Waals surface area contributed by atoms with Crippen molar-refractivity contribution in [3.05, 3.63) is 51.2 Å². The van der Waals surface area contributed by atoms with Crippen molar-refractivity contribution in [1.29, 1.82) is 0 Å². The molecule has 0 fully saturated rings. The van der Waals surface area contributed by atoms with Crippen molar-refractivity contribution in [2.75, 3.05) is 10.6 Å². The summed E-state index contributed by atoms with van der Waals surface area (Å²) in [5, 5.41) is 13.7. The average Bonchev–Trinajstić information content (AvgIpc) is 3.26. The van der Waals surface area contributed by atoms with Crippen LogP contribution in [0.2, 0.25) is 5.15 Å². The number of aromatic carboxylic acids is 1. The number of carboxylic acids is 1. The van der Waals surface area contributed by atoms with Crippen LogP contribution in [-0.2, 0) is 18.4 Å². The second-order valence-electron chi connectivity index (χ2n) is 6.97. The van der Waals surface area contributed by atoms with Gasteiger partial charge in [0.25, 0.3) is 5.91 Å². The molecular formula is C19H18ClN7O3. The fraction of sp³-hybridized carbons (Fsp3) is 0.211. The summed E-state index contributed by atoms with van der Waals surface area (Å²) in [5.41, 5.74) is 9.05. The minimum Gasteiger partial charge on any atom is -0.478 e. The Balaban J connectivity index is 1.83. The van der Waals surface area contributed by atoms with Crippen LogP contribution in [0.5, 0.6) is 0 Å². The van der Waals surface area contributed by atoms with Crippen molar-refractivity contribution in [2.24, 2.45) is 7.05 Å². The number of anilines is 2. The highest BCUT2D eigenvalue weighted by Crippen LogP contribution is 2.41. The largest absolute Gasteiger partial charge is 0.478 e. The van der Waals surface area contributed by atoms with Gasteiger partial charge in [0.2, 0.25) is 5.95 Å². The van der Waals surface area contributed by atoms with Crippen LogP contribution in [0.1, 0.15) is 38.6 Å². The highest BCUT2D eigenvalue weighted by molar-refractivity contribution is 6.41. The van der Waals surface area contributed by atoms with E-state index in [1.54, 1.807) is 17.7 Å². The van der Waals surface area contributed by atoms with Crippen LogP contribution in [0.4, 0.5) is 11.8 Å². The molecule has 0 aromatic carbocycles. The number of fused-ring (bicyclic) bond motifs is 1. The van der Waals surface area contributed by atoms with E-state index in [4.69, 9.17) is 17.3 Å². The van der Waals surface area contributed by atoms with Gasteiger partial charge in [0.05, 0.1) is 28.9 Å². The van der Waals surface area contributed by atoms with E-state index in [1.807, 2.05) is 20.0 Å². The van der Waals surface area contributed by atoms with E-state index in [9.17, 15) is 14.7 Å².